The fourth-order valence-electron chi connectivity index (χ4n) is 4.29. The summed E-state index contributed by atoms with van der Waals surface area (Å²) in [7, 11) is 2.55. The summed E-state index contributed by atoms with van der Waals surface area (Å²) in [6.45, 7) is 12.1. The predicted octanol–water partition coefficient (Wildman–Crippen LogP) is 2.65. The quantitative estimate of drug-likeness (QED) is 0.615. The molecule has 184 valence electrons. The molecule has 0 unspecified atom stereocenters. The molecule has 0 saturated carbocycles. The zero-order valence-electron chi connectivity index (χ0n) is 20.7. The van der Waals surface area contributed by atoms with Crippen molar-refractivity contribution in [1.29, 1.82) is 0 Å². The maximum Gasteiger partial charge on any atom is 0.494 e. The van der Waals surface area contributed by atoms with Gasteiger partial charge in [-0.2, -0.15) is 0 Å². The summed E-state index contributed by atoms with van der Waals surface area (Å²) in [5.41, 5.74) is 0.310. The largest absolute Gasteiger partial charge is 0.494 e. The number of hydrogen-bond donors (Lipinski definition) is 1. The number of carbonyl (C=O) groups is 1. The van der Waals surface area contributed by atoms with Crippen LogP contribution in [0.25, 0.3) is 0 Å². The van der Waals surface area contributed by atoms with Crippen molar-refractivity contribution in [3.63, 3.8) is 0 Å². The molecule has 10 heteroatoms. The van der Waals surface area contributed by atoms with E-state index in [0.717, 1.165) is 10.4 Å². The van der Waals surface area contributed by atoms with E-state index in [1.165, 1.54) is 7.11 Å². The van der Waals surface area contributed by atoms with E-state index in [-0.39, 0.29) is 0 Å². The van der Waals surface area contributed by atoms with Gasteiger partial charge in [-0.25, -0.2) is 9.69 Å². The lowest BCUT2D eigenvalue weighted by molar-refractivity contribution is -0.241. The third-order valence-electron chi connectivity index (χ3n) is 6.81. The van der Waals surface area contributed by atoms with Crippen molar-refractivity contribution in [2.45, 2.75) is 83.4 Å². The van der Waals surface area contributed by atoms with Gasteiger partial charge in [0.1, 0.15) is 18.3 Å². The minimum absolute atomic E-state index is 0.396. The second kappa shape index (κ2) is 9.89. The average molecular weight is 465 g/mol. The average Bonchev–Trinajstić information content (AvgIpc) is 2.96. The van der Waals surface area contributed by atoms with Gasteiger partial charge in [-0.15, -0.1) is 0 Å². The first-order chi connectivity index (χ1) is 15.5. The van der Waals surface area contributed by atoms with E-state index in [2.05, 4.69) is 0 Å². The number of nitrogens with zero attached hydrogens (tertiary/aromatic N) is 1. The highest BCUT2D eigenvalue weighted by Crippen LogP contribution is 2.37. The van der Waals surface area contributed by atoms with Gasteiger partial charge in [0.2, 0.25) is 0 Å². The Morgan fingerprint density at radius 2 is 1.58 bits per heavy atom. The summed E-state index contributed by atoms with van der Waals surface area (Å²) < 4.78 is 35.5. The number of benzene rings is 1. The van der Waals surface area contributed by atoms with Crippen molar-refractivity contribution in [3.8, 4) is 0 Å². The lowest BCUT2D eigenvalue weighted by atomic mass is 9.79. The monoisotopic (exact) mass is 465 g/mol. The van der Waals surface area contributed by atoms with Crippen LogP contribution in [0, 0.1) is 0 Å². The van der Waals surface area contributed by atoms with Crippen LogP contribution in [0.5, 0.6) is 0 Å². The number of methoxy groups -OCH3 is 2. The number of amides is 1. The van der Waals surface area contributed by atoms with Gasteiger partial charge in [-0.3, -0.25) is 0 Å². The van der Waals surface area contributed by atoms with Crippen molar-refractivity contribution >= 4 is 24.4 Å². The van der Waals surface area contributed by atoms with Crippen LogP contribution in [0.15, 0.2) is 24.3 Å². The van der Waals surface area contributed by atoms with Gasteiger partial charge in [-0.1, -0.05) is 12.1 Å². The molecule has 2 heterocycles. The van der Waals surface area contributed by atoms with Crippen LogP contribution in [-0.4, -0.2) is 81.0 Å². The molecule has 1 N–H and O–H groups in total. The van der Waals surface area contributed by atoms with E-state index in [1.807, 2.05) is 41.5 Å². The van der Waals surface area contributed by atoms with Crippen LogP contribution in [0.1, 0.15) is 41.5 Å². The van der Waals surface area contributed by atoms with E-state index < -0.39 is 55.1 Å². The molecule has 1 amide bonds. The molecule has 1 aromatic carbocycles. The molecule has 2 aliphatic rings. The highest BCUT2D eigenvalue weighted by atomic mass is 16.7. The van der Waals surface area contributed by atoms with Crippen LogP contribution < -0.4 is 10.4 Å². The lowest BCUT2D eigenvalue weighted by Crippen LogP contribution is -2.64. The highest BCUT2D eigenvalue weighted by Gasteiger charge is 2.52. The molecule has 1 aromatic rings. The summed E-state index contributed by atoms with van der Waals surface area (Å²) in [4.78, 5) is 13.5. The maximum absolute atomic E-state index is 12.4. The minimum atomic E-state index is -1.16. The number of rotatable bonds is 7. The molecule has 3 rings (SSSR count). The second-order valence-corrected chi connectivity index (χ2v) is 9.38. The van der Waals surface area contributed by atoms with Gasteiger partial charge >= 0.3 is 13.2 Å². The Morgan fingerprint density at radius 1 is 1.03 bits per heavy atom. The Kier molecular flexibility index (Phi) is 7.77. The Bertz CT molecular complexity index is 801. The maximum atomic E-state index is 12.4. The van der Waals surface area contributed by atoms with Crippen LogP contribution in [0.4, 0.5) is 10.5 Å². The standard InChI is InChI=1S/C23H36BNO8/c1-9-30-18-17(28-7)14(2)31-20(19(18)29-8)25(21(26)27)16-12-10-15(11-13-16)24-32-22(3,4)23(5,6)33-24/h10-14,17-20H,9H2,1-8H3,(H,26,27)/t14-,17-,18+,19+,20-/m0/s1. The third-order valence-corrected chi connectivity index (χ3v) is 6.81. The summed E-state index contributed by atoms with van der Waals surface area (Å²) >= 11 is 0. The lowest BCUT2D eigenvalue weighted by Gasteiger charge is -2.47. The molecular formula is C23H36BNO8. The molecule has 0 radical (unpaired) electrons. The molecule has 5 atom stereocenters. The summed E-state index contributed by atoms with van der Waals surface area (Å²) in [6, 6.07) is 7.04. The number of anilines is 1. The second-order valence-electron chi connectivity index (χ2n) is 9.38. The van der Waals surface area contributed by atoms with Crippen molar-refractivity contribution in [2.24, 2.45) is 0 Å². The number of ether oxygens (including phenoxy) is 4. The van der Waals surface area contributed by atoms with Gasteiger partial charge in [0.05, 0.1) is 17.3 Å². The molecule has 0 spiro atoms. The van der Waals surface area contributed by atoms with E-state index in [9.17, 15) is 9.90 Å². The molecule has 2 saturated heterocycles. The van der Waals surface area contributed by atoms with Crippen molar-refractivity contribution in [2.75, 3.05) is 25.7 Å². The van der Waals surface area contributed by atoms with Crippen LogP contribution in [0.3, 0.4) is 0 Å². The normalized spacial score (nSPS) is 30.9. The van der Waals surface area contributed by atoms with Crippen LogP contribution in [-0.2, 0) is 28.3 Å². The van der Waals surface area contributed by atoms with Gasteiger partial charge in [0.15, 0.2) is 6.23 Å². The summed E-state index contributed by atoms with van der Waals surface area (Å²) in [5.74, 6) is 0. The first-order valence-corrected chi connectivity index (χ1v) is 11.3. The first-order valence-electron chi connectivity index (χ1n) is 11.3. The molecule has 2 fully saturated rings. The Balaban J connectivity index is 1.89. The molecule has 0 aliphatic carbocycles. The SMILES string of the molecule is CCO[C@@H]1[C@@H](OC)[C@H](C)O[C@H](N(C(=O)O)c2ccc(B3OC(C)(C)C(C)(C)O3)cc2)[C@@H]1OC. The van der Waals surface area contributed by atoms with Crippen molar-refractivity contribution in [3.05, 3.63) is 24.3 Å². The van der Waals surface area contributed by atoms with Gasteiger partial charge in [-0.05, 0) is 59.1 Å². The smallest absolute Gasteiger partial charge is 0.465 e. The molecule has 0 bridgehead atoms. The fraction of sp³-hybridized carbons (Fsp3) is 0.696. The van der Waals surface area contributed by atoms with E-state index >= 15 is 0 Å². The molecule has 0 aromatic heterocycles. The molecule has 2 aliphatic heterocycles. The molecule has 33 heavy (non-hydrogen) atoms. The van der Waals surface area contributed by atoms with E-state index in [4.69, 9.17) is 28.3 Å². The Hall–Kier alpha value is -1.69. The highest BCUT2D eigenvalue weighted by molar-refractivity contribution is 6.62. The topological polar surface area (TPSA) is 95.9 Å². The number of hydrogen-bond acceptors (Lipinski definition) is 7. The fourth-order valence-corrected chi connectivity index (χ4v) is 4.29. The summed E-state index contributed by atoms with van der Waals surface area (Å²) in [5, 5.41) is 10.1. The van der Waals surface area contributed by atoms with Gasteiger partial charge < -0.3 is 33.4 Å². The third kappa shape index (κ3) is 4.92. The summed E-state index contributed by atoms with van der Waals surface area (Å²) in [6.07, 6.45) is -4.08. The Morgan fingerprint density at radius 3 is 2.03 bits per heavy atom. The van der Waals surface area contributed by atoms with E-state index in [0.29, 0.717) is 12.3 Å². The van der Waals surface area contributed by atoms with E-state index in [1.54, 1.807) is 31.4 Å². The van der Waals surface area contributed by atoms with Gasteiger partial charge in [0, 0.05) is 26.5 Å². The number of carboxylic acid groups (broad SMARTS) is 1. The van der Waals surface area contributed by atoms with Crippen molar-refractivity contribution in [1.82, 2.24) is 0 Å². The first kappa shape index (κ1) is 25.9. The zero-order chi connectivity index (χ0) is 24.6. The predicted molar refractivity (Wildman–Crippen MR) is 124 cm³/mol. The van der Waals surface area contributed by atoms with Crippen LogP contribution in [0.2, 0.25) is 0 Å². The van der Waals surface area contributed by atoms with Gasteiger partial charge in [0.25, 0.3) is 0 Å². The van der Waals surface area contributed by atoms with Crippen molar-refractivity contribution < 1.29 is 38.2 Å². The zero-order valence-corrected chi connectivity index (χ0v) is 20.7. The molecule has 9 nitrogen and oxygen atoms in total. The minimum Gasteiger partial charge on any atom is -0.465 e. The van der Waals surface area contributed by atoms with Crippen LogP contribution >= 0.6 is 0 Å². The Labute approximate surface area is 196 Å². The molecular weight excluding hydrogens is 429 g/mol.